The third kappa shape index (κ3) is 2.98. The normalized spacial score (nSPS) is 16.6. The van der Waals surface area contributed by atoms with Gasteiger partial charge in [-0.3, -0.25) is 15.0 Å². The fraction of sp³-hybridized carbons (Fsp3) is 0.125. The second kappa shape index (κ2) is 6.10. The predicted molar refractivity (Wildman–Crippen MR) is 89.3 cm³/mol. The lowest BCUT2D eigenvalue weighted by molar-refractivity contribution is -0.123. The number of nitrogens with zero attached hydrogens (tertiary/aromatic N) is 1. The maximum atomic E-state index is 12.7. The zero-order valence-electron chi connectivity index (χ0n) is 12.1. The van der Waals surface area contributed by atoms with Crippen LogP contribution in [0.5, 0.6) is 0 Å². The van der Waals surface area contributed by atoms with Gasteiger partial charge in [-0.15, -0.1) is 0 Å². The minimum absolute atomic E-state index is 0.314. The van der Waals surface area contributed by atoms with Crippen LogP contribution in [-0.4, -0.2) is 16.8 Å². The van der Waals surface area contributed by atoms with Crippen LogP contribution in [0.4, 0.5) is 5.69 Å². The molecule has 23 heavy (non-hydrogen) atoms. The van der Waals surface area contributed by atoms with Crippen LogP contribution in [0, 0.1) is 0 Å². The van der Waals surface area contributed by atoms with E-state index < -0.39 is 6.17 Å². The molecule has 2 aromatic rings. The van der Waals surface area contributed by atoms with Crippen LogP contribution in [0.2, 0.25) is 10.0 Å². The van der Waals surface area contributed by atoms with Crippen molar-refractivity contribution in [3.63, 3.8) is 0 Å². The van der Waals surface area contributed by atoms with E-state index >= 15 is 0 Å². The molecule has 3 rings (SSSR count). The first-order valence-corrected chi connectivity index (χ1v) is 7.64. The maximum absolute atomic E-state index is 12.7. The van der Waals surface area contributed by atoms with Crippen LogP contribution in [0.15, 0.2) is 42.5 Å². The predicted octanol–water partition coefficient (Wildman–Crippen LogP) is 3.61. The molecule has 1 heterocycles. The summed E-state index contributed by atoms with van der Waals surface area (Å²) in [7, 11) is 0. The number of nitrogens with one attached hydrogen (secondary N) is 2. The topological polar surface area (TPSA) is 61.4 Å². The largest absolute Gasteiger partial charge is 0.359 e. The van der Waals surface area contributed by atoms with Crippen molar-refractivity contribution in [1.29, 1.82) is 0 Å². The Hall–Kier alpha value is -2.24. The van der Waals surface area contributed by atoms with Gasteiger partial charge in [-0.2, -0.15) is 0 Å². The smallest absolute Gasteiger partial charge is 0.276 e. The van der Waals surface area contributed by atoms with Gasteiger partial charge in [0.05, 0.1) is 5.56 Å². The van der Waals surface area contributed by atoms with Gasteiger partial charge in [0, 0.05) is 28.2 Å². The molecule has 0 radical (unpaired) electrons. The fourth-order valence-electron chi connectivity index (χ4n) is 2.48. The summed E-state index contributed by atoms with van der Waals surface area (Å²) in [5.41, 5.74) is 4.34. The monoisotopic (exact) mass is 349 g/mol. The molecule has 5 nitrogen and oxygen atoms in total. The molecule has 0 spiro atoms. The Balaban J connectivity index is 2.09. The number of fused-ring (bicyclic) bond motifs is 1. The molecule has 2 amide bonds. The lowest BCUT2D eigenvalue weighted by Gasteiger charge is -2.37. The van der Waals surface area contributed by atoms with Gasteiger partial charge in [0.2, 0.25) is 5.91 Å². The van der Waals surface area contributed by atoms with Gasteiger partial charge < -0.3 is 5.32 Å². The van der Waals surface area contributed by atoms with Gasteiger partial charge >= 0.3 is 0 Å². The molecule has 118 valence electrons. The van der Waals surface area contributed by atoms with Crippen molar-refractivity contribution in [1.82, 2.24) is 10.4 Å². The summed E-state index contributed by atoms with van der Waals surface area (Å²) in [6.45, 7) is 1.34. The van der Waals surface area contributed by atoms with E-state index in [9.17, 15) is 9.59 Å². The van der Waals surface area contributed by atoms with Crippen LogP contribution < -0.4 is 10.7 Å². The first-order chi connectivity index (χ1) is 11.0. The Bertz CT molecular complexity index is 795. The summed E-state index contributed by atoms with van der Waals surface area (Å²) >= 11 is 12.2. The Morgan fingerprint density at radius 3 is 2.65 bits per heavy atom. The third-order valence-electron chi connectivity index (χ3n) is 3.46. The molecule has 0 fully saturated rings. The summed E-state index contributed by atoms with van der Waals surface area (Å²) < 4.78 is 0. The van der Waals surface area contributed by atoms with Crippen LogP contribution in [0.1, 0.15) is 29.0 Å². The molecule has 1 aliphatic heterocycles. The van der Waals surface area contributed by atoms with Gasteiger partial charge in [0.15, 0.2) is 0 Å². The highest BCUT2D eigenvalue weighted by molar-refractivity contribution is 6.35. The quantitative estimate of drug-likeness (QED) is 0.870. The molecule has 2 aromatic carbocycles. The van der Waals surface area contributed by atoms with Crippen molar-refractivity contribution in [2.24, 2.45) is 0 Å². The summed E-state index contributed by atoms with van der Waals surface area (Å²) in [5, 5.41) is 5.35. The molecule has 0 saturated heterocycles. The number of para-hydroxylation sites is 1. The molecule has 1 unspecified atom stereocenters. The highest BCUT2D eigenvalue weighted by Gasteiger charge is 2.34. The van der Waals surface area contributed by atoms with Crippen molar-refractivity contribution in [3.8, 4) is 0 Å². The third-order valence-corrected chi connectivity index (χ3v) is 4.02. The maximum Gasteiger partial charge on any atom is 0.276 e. The van der Waals surface area contributed by atoms with Crippen molar-refractivity contribution in [2.75, 3.05) is 5.32 Å². The fourth-order valence-corrected chi connectivity index (χ4v) is 2.99. The number of hydrogen-bond donors (Lipinski definition) is 2. The number of hydrazine groups is 1. The lowest BCUT2D eigenvalue weighted by Crippen LogP contribution is -2.52. The van der Waals surface area contributed by atoms with Crippen LogP contribution in [-0.2, 0) is 4.79 Å². The van der Waals surface area contributed by atoms with E-state index in [0.717, 1.165) is 0 Å². The first kappa shape index (κ1) is 15.6. The molecule has 7 heteroatoms. The van der Waals surface area contributed by atoms with Crippen LogP contribution >= 0.6 is 23.2 Å². The number of anilines is 1. The molecule has 2 N–H and O–H groups in total. The summed E-state index contributed by atoms with van der Waals surface area (Å²) in [5.74, 6) is -0.666. The highest BCUT2D eigenvalue weighted by Crippen LogP contribution is 2.35. The van der Waals surface area contributed by atoms with Gasteiger partial charge in [-0.25, -0.2) is 5.01 Å². The van der Waals surface area contributed by atoms with E-state index in [1.807, 2.05) is 6.07 Å². The van der Waals surface area contributed by atoms with Gasteiger partial charge in [0.25, 0.3) is 5.91 Å². The number of rotatable bonds is 2. The van der Waals surface area contributed by atoms with E-state index in [1.54, 1.807) is 36.4 Å². The number of hydrogen-bond acceptors (Lipinski definition) is 3. The van der Waals surface area contributed by atoms with E-state index in [0.29, 0.717) is 26.9 Å². The summed E-state index contributed by atoms with van der Waals surface area (Å²) in [6, 6.07) is 12.1. The summed E-state index contributed by atoms with van der Waals surface area (Å²) in [6.07, 6.45) is -0.633. The molecular weight excluding hydrogens is 337 g/mol. The highest BCUT2D eigenvalue weighted by atomic mass is 35.5. The SMILES string of the molecule is CC(=O)NN1C(=O)c2ccccc2NC1c1ccc(Cl)cc1Cl. The Morgan fingerprint density at radius 1 is 1.22 bits per heavy atom. The van der Waals surface area contributed by atoms with Crippen molar-refractivity contribution < 1.29 is 9.59 Å². The van der Waals surface area contributed by atoms with Crippen molar-refractivity contribution in [2.45, 2.75) is 13.1 Å². The second-order valence-corrected chi connectivity index (χ2v) is 5.95. The average Bonchev–Trinajstić information content (AvgIpc) is 2.50. The van der Waals surface area contributed by atoms with Gasteiger partial charge in [0.1, 0.15) is 6.17 Å². The van der Waals surface area contributed by atoms with Crippen LogP contribution in [0.3, 0.4) is 0 Å². The minimum atomic E-state index is -0.633. The average molecular weight is 350 g/mol. The second-order valence-electron chi connectivity index (χ2n) is 5.10. The molecule has 0 aromatic heterocycles. The Morgan fingerprint density at radius 2 is 1.96 bits per heavy atom. The molecule has 0 saturated carbocycles. The Kier molecular flexibility index (Phi) is 4.15. The Labute approximate surface area is 143 Å². The molecule has 1 aliphatic rings. The van der Waals surface area contributed by atoms with Crippen molar-refractivity contribution >= 4 is 40.7 Å². The molecule has 0 bridgehead atoms. The number of halogens is 2. The molecular formula is C16H13Cl2N3O2. The zero-order valence-corrected chi connectivity index (χ0v) is 13.7. The lowest BCUT2D eigenvalue weighted by atomic mass is 10.0. The van der Waals surface area contributed by atoms with E-state index in [-0.39, 0.29) is 11.8 Å². The number of carbonyl (C=O) groups is 2. The summed E-state index contributed by atoms with van der Waals surface area (Å²) in [4.78, 5) is 24.2. The van der Waals surface area contributed by atoms with Gasteiger partial charge in [-0.05, 0) is 24.3 Å². The molecule has 1 atom stereocenters. The van der Waals surface area contributed by atoms with Gasteiger partial charge in [-0.1, -0.05) is 41.4 Å². The van der Waals surface area contributed by atoms with E-state index in [1.165, 1.54) is 11.9 Å². The molecule has 0 aliphatic carbocycles. The number of carbonyl (C=O) groups excluding carboxylic acids is 2. The van der Waals surface area contributed by atoms with Crippen molar-refractivity contribution in [3.05, 3.63) is 63.6 Å². The van der Waals surface area contributed by atoms with E-state index in [4.69, 9.17) is 23.2 Å². The number of amides is 2. The van der Waals surface area contributed by atoms with E-state index in [2.05, 4.69) is 10.7 Å². The van der Waals surface area contributed by atoms with Crippen LogP contribution in [0.25, 0.3) is 0 Å². The number of benzene rings is 2. The standard InChI is InChI=1S/C16H13Cl2N3O2/c1-9(22)20-21-15(11-7-6-10(17)8-13(11)18)19-14-5-3-2-4-12(14)16(21)23/h2-8,15,19H,1H3,(H,20,22). The first-order valence-electron chi connectivity index (χ1n) is 6.88. The zero-order chi connectivity index (χ0) is 16.6. The minimum Gasteiger partial charge on any atom is -0.359 e.